The first-order valence-electron chi connectivity index (χ1n) is 6.36. The number of rotatable bonds is 8. The van der Waals surface area contributed by atoms with Gasteiger partial charge in [0.15, 0.2) is 11.5 Å². The van der Waals surface area contributed by atoms with Gasteiger partial charge in [-0.3, -0.25) is 0 Å². The van der Waals surface area contributed by atoms with Crippen LogP contribution in [0.2, 0.25) is 0 Å². The molecular formula is C14H24N2O2. The van der Waals surface area contributed by atoms with E-state index in [1.54, 1.807) is 14.2 Å². The van der Waals surface area contributed by atoms with Crippen LogP contribution in [0.15, 0.2) is 18.2 Å². The average molecular weight is 252 g/mol. The number of para-hydroxylation sites is 1. The molecule has 0 amide bonds. The zero-order valence-corrected chi connectivity index (χ0v) is 11.7. The number of hydrogen-bond acceptors (Lipinski definition) is 4. The van der Waals surface area contributed by atoms with Crippen molar-refractivity contribution in [1.29, 1.82) is 0 Å². The molecule has 0 heterocycles. The second kappa shape index (κ2) is 7.95. The van der Waals surface area contributed by atoms with Crippen molar-refractivity contribution in [2.45, 2.75) is 26.4 Å². The van der Waals surface area contributed by atoms with Crippen LogP contribution in [-0.2, 0) is 6.54 Å². The summed E-state index contributed by atoms with van der Waals surface area (Å²) in [4.78, 5) is 0. The summed E-state index contributed by atoms with van der Waals surface area (Å²) in [5.74, 6) is 1.58. The van der Waals surface area contributed by atoms with E-state index in [9.17, 15) is 0 Å². The van der Waals surface area contributed by atoms with E-state index in [0.29, 0.717) is 6.04 Å². The van der Waals surface area contributed by atoms with E-state index < -0.39 is 0 Å². The molecule has 1 rings (SSSR count). The zero-order valence-electron chi connectivity index (χ0n) is 11.7. The molecule has 18 heavy (non-hydrogen) atoms. The highest BCUT2D eigenvalue weighted by Gasteiger charge is 2.10. The fraction of sp³-hybridized carbons (Fsp3) is 0.571. The maximum absolute atomic E-state index is 5.40. The number of methoxy groups -OCH3 is 2. The van der Waals surface area contributed by atoms with E-state index in [-0.39, 0.29) is 0 Å². The van der Waals surface area contributed by atoms with Crippen molar-refractivity contribution in [1.82, 2.24) is 10.6 Å². The first-order valence-corrected chi connectivity index (χ1v) is 6.36. The summed E-state index contributed by atoms with van der Waals surface area (Å²) in [6.07, 6.45) is 0. The third-order valence-corrected chi connectivity index (χ3v) is 2.83. The fourth-order valence-corrected chi connectivity index (χ4v) is 1.81. The molecular weight excluding hydrogens is 228 g/mol. The number of likely N-dealkylation sites (N-methyl/N-ethyl adjacent to an activating group) is 1. The molecule has 1 aromatic carbocycles. The topological polar surface area (TPSA) is 42.5 Å². The van der Waals surface area contributed by atoms with Crippen molar-refractivity contribution in [2.24, 2.45) is 0 Å². The molecule has 1 aromatic rings. The van der Waals surface area contributed by atoms with Gasteiger partial charge in [-0.1, -0.05) is 19.1 Å². The van der Waals surface area contributed by atoms with Gasteiger partial charge in [0.05, 0.1) is 14.2 Å². The summed E-state index contributed by atoms with van der Waals surface area (Å²) < 4.78 is 10.7. The van der Waals surface area contributed by atoms with Gasteiger partial charge in [-0.2, -0.15) is 0 Å². The molecule has 0 aliphatic rings. The molecule has 0 aliphatic carbocycles. The fourth-order valence-electron chi connectivity index (χ4n) is 1.81. The van der Waals surface area contributed by atoms with Crippen LogP contribution in [0.3, 0.4) is 0 Å². The normalized spacial score (nSPS) is 12.2. The van der Waals surface area contributed by atoms with Gasteiger partial charge < -0.3 is 20.1 Å². The minimum Gasteiger partial charge on any atom is -0.493 e. The van der Waals surface area contributed by atoms with Gasteiger partial charge >= 0.3 is 0 Å². The van der Waals surface area contributed by atoms with E-state index in [4.69, 9.17) is 9.47 Å². The molecule has 0 aliphatic heterocycles. The van der Waals surface area contributed by atoms with Crippen LogP contribution < -0.4 is 20.1 Å². The Bertz CT molecular complexity index is 356. The molecule has 0 bridgehead atoms. The lowest BCUT2D eigenvalue weighted by molar-refractivity contribution is 0.349. The molecule has 4 heteroatoms. The van der Waals surface area contributed by atoms with Crippen LogP contribution in [0, 0.1) is 0 Å². The minimum atomic E-state index is 0.417. The summed E-state index contributed by atoms with van der Waals surface area (Å²) in [6, 6.07) is 6.35. The second-order valence-corrected chi connectivity index (χ2v) is 4.24. The lowest BCUT2D eigenvalue weighted by Crippen LogP contribution is -2.35. The first kappa shape index (κ1) is 14.8. The summed E-state index contributed by atoms with van der Waals surface area (Å²) >= 11 is 0. The Labute approximate surface area is 110 Å². The van der Waals surface area contributed by atoms with Gasteiger partial charge in [0.2, 0.25) is 0 Å². The first-order chi connectivity index (χ1) is 8.72. The van der Waals surface area contributed by atoms with Crippen molar-refractivity contribution in [3.05, 3.63) is 23.8 Å². The molecule has 102 valence electrons. The Kier molecular flexibility index (Phi) is 6.54. The van der Waals surface area contributed by atoms with Crippen molar-refractivity contribution in [3.8, 4) is 11.5 Å². The summed E-state index contributed by atoms with van der Waals surface area (Å²) in [5.41, 5.74) is 1.11. The third kappa shape index (κ3) is 4.20. The summed E-state index contributed by atoms with van der Waals surface area (Å²) in [5, 5.41) is 6.78. The molecule has 0 fully saturated rings. The van der Waals surface area contributed by atoms with E-state index in [2.05, 4.69) is 24.5 Å². The Morgan fingerprint density at radius 2 is 2.00 bits per heavy atom. The van der Waals surface area contributed by atoms with Gasteiger partial charge in [0.25, 0.3) is 0 Å². The van der Waals surface area contributed by atoms with E-state index in [1.807, 2.05) is 18.2 Å². The standard InChI is InChI=1S/C14H24N2O2/c1-5-15-9-11(2)16-10-12-7-6-8-13(17-3)14(12)18-4/h6-8,11,15-16H,5,9-10H2,1-4H3. The van der Waals surface area contributed by atoms with E-state index >= 15 is 0 Å². The smallest absolute Gasteiger partial charge is 0.165 e. The monoisotopic (exact) mass is 252 g/mol. The Balaban J connectivity index is 2.61. The van der Waals surface area contributed by atoms with Crippen molar-refractivity contribution >= 4 is 0 Å². The van der Waals surface area contributed by atoms with Crippen molar-refractivity contribution < 1.29 is 9.47 Å². The summed E-state index contributed by atoms with van der Waals surface area (Å²) in [6.45, 7) is 7.00. The zero-order chi connectivity index (χ0) is 13.4. The van der Waals surface area contributed by atoms with E-state index in [0.717, 1.165) is 36.7 Å². The molecule has 2 N–H and O–H groups in total. The highest BCUT2D eigenvalue weighted by atomic mass is 16.5. The van der Waals surface area contributed by atoms with Gasteiger partial charge in [-0.25, -0.2) is 0 Å². The predicted octanol–water partition coefficient (Wildman–Crippen LogP) is 1.79. The van der Waals surface area contributed by atoms with Crippen molar-refractivity contribution in [3.63, 3.8) is 0 Å². The lowest BCUT2D eigenvalue weighted by Gasteiger charge is -2.17. The number of hydrogen-bond donors (Lipinski definition) is 2. The molecule has 0 aromatic heterocycles. The highest BCUT2D eigenvalue weighted by Crippen LogP contribution is 2.30. The number of nitrogens with one attached hydrogen (secondary N) is 2. The Morgan fingerprint density at radius 1 is 1.22 bits per heavy atom. The molecule has 0 saturated carbocycles. The third-order valence-electron chi connectivity index (χ3n) is 2.83. The Morgan fingerprint density at radius 3 is 2.61 bits per heavy atom. The van der Waals surface area contributed by atoms with Crippen LogP contribution in [-0.4, -0.2) is 33.4 Å². The molecule has 0 saturated heterocycles. The van der Waals surface area contributed by atoms with E-state index in [1.165, 1.54) is 0 Å². The number of benzene rings is 1. The minimum absolute atomic E-state index is 0.417. The van der Waals surface area contributed by atoms with Gasteiger partial charge in [-0.05, 0) is 19.5 Å². The second-order valence-electron chi connectivity index (χ2n) is 4.24. The quantitative estimate of drug-likeness (QED) is 0.740. The molecule has 4 nitrogen and oxygen atoms in total. The maximum atomic E-state index is 5.40. The van der Waals surface area contributed by atoms with Crippen LogP contribution in [0.25, 0.3) is 0 Å². The van der Waals surface area contributed by atoms with Gasteiger partial charge in [0.1, 0.15) is 0 Å². The molecule has 1 atom stereocenters. The van der Waals surface area contributed by atoms with Crippen molar-refractivity contribution in [2.75, 3.05) is 27.3 Å². The van der Waals surface area contributed by atoms with Gasteiger partial charge in [-0.15, -0.1) is 0 Å². The summed E-state index contributed by atoms with van der Waals surface area (Å²) in [7, 11) is 3.33. The SMILES string of the molecule is CCNCC(C)NCc1cccc(OC)c1OC. The van der Waals surface area contributed by atoms with Gasteiger partial charge in [0, 0.05) is 24.7 Å². The van der Waals surface area contributed by atoms with Crippen LogP contribution in [0.4, 0.5) is 0 Å². The molecule has 0 radical (unpaired) electrons. The Hall–Kier alpha value is -1.26. The van der Waals surface area contributed by atoms with Crippen LogP contribution in [0.1, 0.15) is 19.4 Å². The molecule has 1 unspecified atom stereocenters. The number of ether oxygens (including phenoxy) is 2. The maximum Gasteiger partial charge on any atom is 0.165 e. The lowest BCUT2D eigenvalue weighted by atomic mass is 10.1. The molecule has 0 spiro atoms. The highest BCUT2D eigenvalue weighted by molar-refractivity contribution is 5.46. The van der Waals surface area contributed by atoms with Crippen LogP contribution in [0.5, 0.6) is 11.5 Å². The average Bonchev–Trinajstić information content (AvgIpc) is 2.41. The largest absolute Gasteiger partial charge is 0.493 e. The predicted molar refractivity (Wildman–Crippen MR) is 74.4 cm³/mol. The van der Waals surface area contributed by atoms with Crippen LogP contribution >= 0.6 is 0 Å².